The highest BCUT2D eigenvalue weighted by atomic mass is 32.2. The van der Waals surface area contributed by atoms with Gasteiger partial charge in [0, 0.05) is 5.75 Å². The van der Waals surface area contributed by atoms with Crippen molar-refractivity contribution in [1.29, 1.82) is 0 Å². The Hall–Kier alpha value is -0.0700. The average Bonchev–Trinajstić information content (AvgIpc) is 2.03. The lowest BCUT2D eigenvalue weighted by atomic mass is 10.1. The highest BCUT2D eigenvalue weighted by molar-refractivity contribution is 8.00. The van der Waals surface area contributed by atoms with E-state index in [2.05, 4.69) is 0 Å². The van der Waals surface area contributed by atoms with Crippen LogP contribution < -0.4 is 0 Å². The van der Waals surface area contributed by atoms with Crippen molar-refractivity contribution in [2.45, 2.75) is 17.6 Å². The Balaban J connectivity index is 2.85. The summed E-state index contributed by atoms with van der Waals surface area (Å²) in [6.07, 6.45) is -3.40. The van der Waals surface area contributed by atoms with Crippen LogP contribution in [0.1, 0.15) is 0 Å². The second kappa shape index (κ2) is 2.71. The van der Waals surface area contributed by atoms with Crippen molar-refractivity contribution in [3.05, 3.63) is 0 Å². The summed E-state index contributed by atoms with van der Waals surface area (Å²) in [5.74, 6) is -8.03. The molecule has 1 saturated heterocycles. The Morgan fingerprint density at radius 2 is 1.67 bits per heavy atom. The predicted molar refractivity (Wildman–Crippen MR) is 31.8 cm³/mol. The van der Waals surface area contributed by atoms with Gasteiger partial charge in [0.25, 0.3) is 0 Å². The maximum atomic E-state index is 12.4. The molecule has 1 rings (SSSR count). The minimum absolute atomic E-state index is 0.420. The van der Waals surface area contributed by atoms with Crippen molar-refractivity contribution in [2.75, 3.05) is 5.75 Å². The van der Waals surface area contributed by atoms with Gasteiger partial charge in [0.2, 0.25) is 6.43 Å². The van der Waals surface area contributed by atoms with Crippen LogP contribution in [0.4, 0.5) is 26.3 Å². The standard InChI is InChI=1S/C5H4F6S/c6-3(7)2-1-12-5(10,11)4(2,8)9/h2-3H,1H2. The summed E-state index contributed by atoms with van der Waals surface area (Å²) in [7, 11) is 0. The topological polar surface area (TPSA) is 0 Å². The molecule has 7 heteroatoms. The first kappa shape index (κ1) is 10.0. The van der Waals surface area contributed by atoms with E-state index in [-0.39, 0.29) is 0 Å². The maximum absolute atomic E-state index is 12.4. The van der Waals surface area contributed by atoms with E-state index in [1.807, 2.05) is 0 Å². The van der Waals surface area contributed by atoms with Gasteiger partial charge in [-0.3, -0.25) is 0 Å². The molecule has 0 radical (unpaired) electrons. The van der Waals surface area contributed by atoms with E-state index in [0.29, 0.717) is 0 Å². The molecule has 1 fully saturated rings. The molecular weight excluding hydrogens is 206 g/mol. The van der Waals surface area contributed by atoms with Crippen LogP contribution in [-0.2, 0) is 0 Å². The van der Waals surface area contributed by atoms with Gasteiger partial charge in [0.15, 0.2) is 0 Å². The monoisotopic (exact) mass is 210 g/mol. The van der Waals surface area contributed by atoms with Crippen molar-refractivity contribution >= 4 is 11.8 Å². The molecule has 0 saturated carbocycles. The molecule has 72 valence electrons. The normalized spacial score (nSPS) is 32.8. The molecule has 1 aliphatic heterocycles. The van der Waals surface area contributed by atoms with E-state index in [1.54, 1.807) is 0 Å². The first-order chi connectivity index (χ1) is 5.29. The molecule has 1 aliphatic rings. The van der Waals surface area contributed by atoms with Crippen molar-refractivity contribution in [2.24, 2.45) is 5.92 Å². The first-order valence-corrected chi connectivity index (χ1v) is 3.95. The molecule has 0 N–H and O–H groups in total. The molecule has 0 bridgehead atoms. The second-order valence-corrected chi connectivity index (χ2v) is 3.53. The molecular formula is C5H4F6S. The quantitative estimate of drug-likeness (QED) is 0.599. The first-order valence-electron chi connectivity index (χ1n) is 2.97. The SMILES string of the molecule is FC(F)C1CSC(F)(F)C1(F)F. The molecule has 1 atom stereocenters. The number of alkyl halides is 6. The molecule has 0 spiro atoms. The number of hydrogen-bond donors (Lipinski definition) is 0. The molecule has 12 heavy (non-hydrogen) atoms. The van der Waals surface area contributed by atoms with Gasteiger partial charge in [-0.05, 0) is 0 Å². The van der Waals surface area contributed by atoms with E-state index < -0.39 is 41.0 Å². The molecule has 0 aromatic carbocycles. The number of hydrogen-bond acceptors (Lipinski definition) is 1. The third kappa shape index (κ3) is 1.27. The zero-order valence-corrected chi connectivity index (χ0v) is 6.35. The molecule has 0 aliphatic carbocycles. The van der Waals surface area contributed by atoms with Gasteiger partial charge in [-0.25, -0.2) is 8.78 Å². The van der Waals surface area contributed by atoms with Crippen LogP contribution in [0, 0.1) is 5.92 Å². The van der Waals surface area contributed by atoms with Gasteiger partial charge in [0.1, 0.15) is 0 Å². The zero-order chi connectivity index (χ0) is 9.57. The largest absolute Gasteiger partial charge is 0.356 e. The zero-order valence-electron chi connectivity index (χ0n) is 5.54. The Morgan fingerprint density at radius 1 is 1.17 bits per heavy atom. The molecule has 0 amide bonds. The fourth-order valence-corrected chi connectivity index (χ4v) is 1.93. The van der Waals surface area contributed by atoms with Crippen LogP contribution in [0.25, 0.3) is 0 Å². The third-order valence-corrected chi connectivity index (χ3v) is 2.76. The lowest BCUT2D eigenvalue weighted by Gasteiger charge is -2.21. The van der Waals surface area contributed by atoms with Crippen molar-refractivity contribution in [3.63, 3.8) is 0 Å². The summed E-state index contributed by atoms with van der Waals surface area (Å²) < 4.78 is 72.7. The lowest BCUT2D eigenvalue weighted by molar-refractivity contribution is -0.194. The average molecular weight is 210 g/mol. The van der Waals surface area contributed by atoms with Gasteiger partial charge >= 0.3 is 11.2 Å². The summed E-state index contributed by atoms with van der Waals surface area (Å²) in [6, 6.07) is 0. The Morgan fingerprint density at radius 3 is 1.83 bits per heavy atom. The summed E-state index contributed by atoms with van der Waals surface area (Å²) >= 11 is -0.420. The summed E-state index contributed by atoms with van der Waals surface area (Å²) in [4.78, 5) is 0. The van der Waals surface area contributed by atoms with Gasteiger partial charge in [-0.15, -0.1) is 0 Å². The van der Waals surface area contributed by atoms with Crippen LogP contribution in [0.5, 0.6) is 0 Å². The van der Waals surface area contributed by atoms with Crippen LogP contribution in [-0.4, -0.2) is 23.4 Å². The van der Waals surface area contributed by atoms with Gasteiger partial charge in [0.05, 0.1) is 5.92 Å². The minimum Gasteiger partial charge on any atom is -0.210 e. The van der Waals surface area contributed by atoms with Crippen LogP contribution in [0.15, 0.2) is 0 Å². The van der Waals surface area contributed by atoms with Crippen molar-refractivity contribution in [3.8, 4) is 0 Å². The fraction of sp³-hybridized carbons (Fsp3) is 1.00. The minimum atomic E-state index is -4.59. The van der Waals surface area contributed by atoms with Crippen LogP contribution in [0.2, 0.25) is 0 Å². The van der Waals surface area contributed by atoms with Crippen molar-refractivity contribution < 1.29 is 26.3 Å². The van der Waals surface area contributed by atoms with Gasteiger partial charge in [-0.2, -0.15) is 17.6 Å². The van der Waals surface area contributed by atoms with E-state index in [4.69, 9.17) is 0 Å². The van der Waals surface area contributed by atoms with Crippen molar-refractivity contribution in [1.82, 2.24) is 0 Å². The number of rotatable bonds is 1. The predicted octanol–water partition coefficient (Wildman–Crippen LogP) is 2.84. The maximum Gasteiger partial charge on any atom is 0.356 e. The Bertz CT molecular complexity index is 179. The summed E-state index contributed by atoms with van der Waals surface area (Å²) in [5.41, 5.74) is 0. The van der Waals surface area contributed by atoms with E-state index in [0.717, 1.165) is 0 Å². The fourth-order valence-electron chi connectivity index (χ4n) is 0.842. The third-order valence-electron chi connectivity index (χ3n) is 1.60. The number of thioether (sulfide) groups is 1. The highest BCUT2D eigenvalue weighted by Crippen LogP contribution is 2.56. The molecule has 1 heterocycles. The van der Waals surface area contributed by atoms with Crippen LogP contribution >= 0.6 is 11.8 Å². The van der Waals surface area contributed by atoms with Gasteiger partial charge < -0.3 is 0 Å². The smallest absolute Gasteiger partial charge is 0.210 e. The lowest BCUT2D eigenvalue weighted by Crippen LogP contribution is -2.41. The molecule has 0 aromatic heterocycles. The molecule has 0 nitrogen and oxygen atoms in total. The molecule has 1 unspecified atom stereocenters. The number of halogens is 6. The van der Waals surface area contributed by atoms with E-state index >= 15 is 0 Å². The van der Waals surface area contributed by atoms with Crippen LogP contribution in [0.3, 0.4) is 0 Å². The Labute approximate surface area is 68.3 Å². The second-order valence-electron chi connectivity index (χ2n) is 2.39. The Kier molecular flexibility index (Phi) is 2.26. The van der Waals surface area contributed by atoms with E-state index in [9.17, 15) is 26.3 Å². The van der Waals surface area contributed by atoms with E-state index in [1.165, 1.54) is 0 Å². The van der Waals surface area contributed by atoms with Gasteiger partial charge in [-0.1, -0.05) is 11.8 Å². The molecule has 0 aromatic rings. The highest BCUT2D eigenvalue weighted by Gasteiger charge is 2.68. The summed E-state index contributed by atoms with van der Waals surface area (Å²) in [5, 5.41) is -4.35. The summed E-state index contributed by atoms with van der Waals surface area (Å²) in [6.45, 7) is 0.